The maximum absolute atomic E-state index is 13.7. The maximum Gasteiger partial charge on any atom is 0.291 e. The number of nitrogens with one attached hydrogen (secondary N) is 1. The van der Waals surface area contributed by atoms with Crippen LogP contribution in [0.3, 0.4) is 0 Å². The predicted octanol–water partition coefficient (Wildman–Crippen LogP) is 3.60. The largest absolute Gasteiger partial charge is 0.348 e. The molecule has 1 N–H and O–H groups in total. The highest BCUT2D eigenvalue weighted by Gasteiger charge is 2.19. The molecular weight excluding hydrogens is 377 g/mol. The minimum Gasteiger partial charge on any atom is -0.348 e. The normalized spacial score (nSPS) is 12.3. The topological polar surface area (TPSA) is 63.1 Å². The van der Waals surface area contributed by atoms with Crippen LogP contribution in [0.5, 0.6) is 0 Å². The SMILES string of the molecule is CCC(C)N(C)CCNC(=O)c1nc(-c2cccs2)n(-c2cccc(F)c2)n1. The predicted molar refractivity (Wildman–Crippen MR) is 109 cm³/mol. The van der Waals surface area contributed by atoms with E-state index in [4.69, 9.17) is 0 Å². The van der Waals surface area contributed by atoms with E-state index >= 15 is 0 Å². The summed E-state index contributed by atoms with van der Waals surface area (Å²) in [4.78, 5) is 20.0. The Morgan fingerprint density at radius 3 is 2.86 bits per heavy atom. The van der Waals surface area contributed by atoms with Gasteiger partial charge < -0.3 is 10.2 Å². The van der Waals surface area contributed by atoms with Crippen molar-refractivity contribution in [3.8, 4) is 16.4 Å². The third-order valence-electron chi connectivity index (χ3n) is 4.70. The molecule has 3 aromatic rings. The second-order valence-electron chi connectivity index (χ2n) is 6.62. The lowest BCUT2D eigenvalue weighted by Gasteiger charge is -2.23. The molecule has 148 valence electrons. The van der Waals surface area contributed by atoms with Gasteiger partial charge in [-0.3, -0.25) is 4.79 Å². The average molecular weight is 402 g/mol. The lowest BCUT2D eigenvalue weighted by Crippen LogP contribution is -2.37. The quantitative estimate of drug-likeness (QED) is 0.627. The van der Waals surface area contributed by atoms with Crippen LogP contribution >= 0.6 is 11.3 Å². The summed E-state index contributed by atoms with van der Waals surface area (Å²) < 4.78 is 15.2. The second kappa shape index (κ2) is 9.07. The molecule has 0 radical (unpaired) electrons. The van der Waals surface area contributed by atoms with Crippen molar-refractivity contribution in [1.82, 2.24) is 25.0 Å². The third-order valence-corrected chi connectivity index (χ3v) is 5.56. The first-order valence-corrected chi connectivity index (χ1v) is 10.1. The van der Waals surface area contributed by atoms with Crippen LogP contribution in [0.15, 0.2) is 41.8 Å². The van der Waals surface area contributed by atoms with E-state index in [0.29, 0.717) is 24.1 Å². The van der Waals surface area contributed by atoms with Crippen LogP contribution in [0, 0.1) is 5.82 Å². The molecule has 0 saturated heterocycles. The van der Waals surface area contributed by atoms with Gasteiger partial charge in [0.2, 0.25) is 5.82 Å². The van der Waals surface area contributed by atoms with Crippen LogP contribution in [0.4, 0.5) is 4.39 Å². The molecule has 0 saturated carbocycles. The molecule has 3 rings (SSSR count). The van der Waals surface area contributed by atoms with Gasteiger partial charge in [-0.2, -0.15) is 0 Å². The van der Waals surface area contributed by atoms with E-state index in [0.717, 1.165) is 17.8 Å². The van der Waals surface area contributed by atoms with Crippen molar-refractivity contribution in [1.29, 1.82) is 0 Å². The number of hydrogen-bond donors (Lipinski definition) is 1. The number of hydrogen-bond acceptors (Lipinski definition) is 5. The Hall–Kier alpha value is -2.58. The second-order valence-corrected chi connectivity index (χ2v) is 7.57. The number of thiophene rings is 1. The van der Waals surface area contributed by atoms with Gasteiger partial charge in [-0.25, -0.2) is 14.1 Å². The van der Waals surface area contributed by atoms with E-state index < -0.39 is 0 Å². The lowest BCUT2D eigenvalue weighted by atomic mass is 10.2. The van der Waals surface area contributed by atoms with Crippen molar-refractivity contribution in [2.75, 3.05) is 20.1 Å². The maximum atomic E-state index is 13.7. The molecule has 0 aliphatic rings. The zero-order valence-electron chi connectivity index (χ0n) is 16.2. The molecule has 0 bridgehead atoms. The molecule has 2 aromatic heterocycles. The number of nitrogens with zero attached hydrogens (tertiary/aromatic N) is 4. The van der Waals surface area contributed by atoms with Gasteiger partial charge in [-0.15, -0.1) is 16.4 Å². The molecule has 1 atom stereocenters. The highest BCUT2D eigenvalue weighted by atomic mass is 32.1. The molecule has 28 heavy (non-hydrogen) atoms. The van der Waals surface area contributed by atoms with Gasteiger partial charge in [-0.1, -0.05) is 19.1 Å². The molecule has 6 nitrogen and oxygen atoms in total. The standard InChI is InChI=1S/C20H24FN5OS/c1-4-14(2)25(3)11-10-22-20(27)18-23-19(17-9-6-12-28-17)26(24-18)16-8-5-7-15(21)13-16/h5-9,12-14H,4,10-11H2,1-3H3,(H,22,27). The van der Waals surface area contributed by atoms with E-state index in [1.165, 1.54) is 28.2 Å². The number of halogens is 1. The van der Waals surface area contributed by atoms with E-state index in [9.17, 15) is 9.18 Å². The number of carbonyl (C=O) groups is 1. The van der Waals surface area contributed by atoms with E-state index in [2.05, 4.69) is 34.1 Å². The van der Waals surface area contributed by atoms with Crippen LogP contribution in [0.1, 0.15) is 30.9 Å². The summed E-state index contributed by atoms with van der Waals surface area (Å²) in [7, 11) is 2.03. The van der Waals surface area contributed by atoms with Gasteiger partial charge in [0, 0.05) is 19.1 Å². The highest BCUT2D eigenvalue weighted by molar-refractivity contribution is 7.13. The Balaban J connectivity index is 1.80. The van der Waals surface area contributed by atoms with Crippen molar-refractivity contribution < 1.29 is 9.18 Å². The number of amides is 1. The minimum atomic E-state index is -0.371. The lowest BCUT2D eigenvalue weighted by molar-refractivity contribution is 0.0937. The molecule has 1 unspecified atom stereocenters. The minimum absolute atomic E-state index is 0.0684. The number of benzene rings is 1. The van der Waals surface area contributed by atoms with Crippen LogP contribution in [-0.4, -0.2) is 51.8 Å². The van der Waals surface area contributed by atoms with E-state index in [-0.39, 0.29) is 17.5 Å². The average Bonchev–Trinajstić information content (AvgIpc) is 3.36. The van der Waals surface area contributed by atoms with Crippen molar-refractivity contribution in [2.45, 2.75) is 26.3 Å². The van der Waals surface area contributed by atoms with Crippen LogP contribution in [-0.2, 0) is 0 Å². The van der Waals surface area contributed by atoms with E-state index in [1.54, 1.807) is 12.1 Å². The van der Waals surface area contributed by atoms with Crippen molar-refractivity contribution in [2.24, 2.45) is 0 Å². The summed E-state index contributed by atoms with van der Waals surface area (Å²) >= 11 is 1.49. The Morgan fingerprint density at radius 2 is 2.18 bits per heavy atom. The van der Waals surface area contributed by atoms with Gasteiger partial charge in [0.1, 0.15) is 5.82 Å². The smallest absolute Gasteiger partial charge is 0.291 e. The number of likely N-dealkylation sites (N-methyl/N-ethyl adjacent to an activating group) is 1. The molecule has 0 spiro atoms. The van der Waals surface area contributed by atoms with Gasteiger partial charge in [0.05, 0.1) is 10.6 Å². The fourth-order valence-corrected chi connectivity index (χ4v) is 3.42. The molecule has 2 heterocycles. The van der Waals surface area contributed by atoms with Crippen LogP contribution < -0.4 is 5.32 Å². The molecule has 0 aliphatic heterocycles. The van der Waals surface area contributed by atoms with Crippen molar-refractivity contribution >= 4 is 17.2 Å². The summed E-state index contributed by atoms with van der Waals surface area (Å²) in [5.41, 5.74) is 0.520. The summed E-state index contributed by atoms with van der Waals surface area (Å²) in [6.07, 6.45) is 1.05. The summed E-state index contributed by atoms with van der Waals surface area (Å²) in [6, 6.07) is 10.3. The van der Waals surface area contributed by atoms with Gasteiger partial charge in [0.15, 0.2) is 5.82 Å². The molecule has 1 aromatic carbocycles. The van der Waals surface area contributed by atoms with Gasteiger partial charge >= 0.3 is 0 Å². The Morgan fingerprint density at radius 1 is 1.36 bits per heavy atom. The highest BCUT2D eigenvalue weighted by Crippen LogP contribution is 2.25. The Labute approximate surface area is 168 Å². The fraction of sp³-hybridized carbons (Fsp3) is 0.350. The Kier molecular flexibility index (Phi) is 6.53. The van der Waals surface area contributed by atoms with Crippen LogP contribution in [0.2, 0.25) is 0 Å². The number of aromatic nitrogens is 3. The Bertz CT molecular complexity index is 925. The van der Waals surface area contributed by atoms with Crippen molar-refractivity contribution in [3.05, 3.63) is 53.4 Å². The van der Waals surface area contributed by atoms with E-state index in [1.807, 2.05) is 24.6 Å². The zero-order valence-corrected chi connectivity index (χ0v) is 17.0. The zero-order chi connectivity index (χ0) is 20.1. The molecule has 8 heteroatoms. The summed E-state index contributed by atoms with van der Waals surface area (Å²) in [6.45, 7) is 5.53. The van der Waals surface area contributed by atoms with Crippen molar-refractivity contribution in [3.63, 3.8) is 0 Å². The number of carbonyl (C=O) groups excluding carboxylic acids is 1. The van der Waals surface area contributed by atoms with Gasteiger partial charge in [0.25, 0.3) is 5.91 Å². The monoisotopic (exact) mass is 401 g/mol. The number of rotatable bonds is 8. The molecule has 0 fully saturated rings. The molecular formula is C20H24FN5OS. The van der Waals surface area contributed by atoms with Gasteiger partial charge in [-0.05, 0) is 50.0 Å². The third kappa shape index (κ3) is 4.63. The molecule has 0 aliphatic carbocycles. The summed E-state index contributed by atoms with van der Waals surface area (Å²) in [5.74, 6) is -0.129. The van der Waals surface area contributed by atoms with Crippen LogP contribution in [0.25, 0.3) is 16.4 Å². The summed E-state index contributed by atoms with van der Waals surface area (Å²) in [5, 5.41) is 9.14. The fourth-order valence-electron chi connectivity index (χ4n) is 2.72. The first-order chi connectivity index (χ1) is 13.5. The molecule has 1 amide bonds. The first kappa shape index (κ1) is 20.2. The first-order valence-electron chi connectivity index (χ1n) is 9.25.